The normalized spacial score (nSPS) is 11.8. The molecule has 2 aromatic carbocycles. The number of hydrogen-bond acceptors (Lipinski definition) is 4. The first-order chi connectivity index (χ1) is 10.0. The second kappa shape index (κ2) is 6.28. The molecular weight excluding hydrogens is 268 g/mol. The number of nitrogen functional groups attached to an aromatic ring is 1. The van der Waals surface area contributed by atoms with Crippen LogP contribution in [0, 0.1) is 0 Å². The van der Waals surface area contributed by atoms with E-state index in [0.29, 0.717) is 28.3 Å². The number of rotatable bonds is 4. The van der Waals surface area contributed by atoms with Crippen LogP contribution in [-0.2, 0) is 0 Å². The van der Waals surface area contributed by atoms with Crippen LogP contribution < -0.4 is 15.8 Å². The van der Waals surface area contributed by atoms with Gasteiger partial charge in [-0.05, 0) is 31.2 Å². The summed E-state index contributed by atoms with van der Waals surface area (Å²) in [5.74, 6) is 0.206. The molecule has 2 aromatic rings. The Hall–Kier alpha value is -2.53. The van der Waals surface area contributed by atoms with Crippen molar-refractivity contribution in [1.82, 2.24) is 0 Å². The van der Waals surface area contributed by atoms with E-state index >= 15 is 0 Å². The minimum atomic E-state index is -0.677. The number of methoxy groups -OCH3 is 1. The van der Waals surface area contributed by atoms with E-state index < -0.39 is 6.10 Å². The Balaban J connectivity index is 2.30. The zero-order chi connectivity index (χ0) is 15.4. The third-order valence-electron chi connectivity index (χ3n) is 3.16. The van der Waals surface area contributed by atoms with Crippen molar-refractivity contribution in [3.8, 4) is 5.75 Å². The Morgan fingerprint density at radius 2 is 2.00 bits per heavy atom. The molecule has 1 amide bonds. The molecule has 5 heteroatoms. The molecule has 4 N–H and O–H groups in total. The minimum Gasteiger partial charge on any atom is -0.497 e. The number of nitrogens with one attached hydrogen (secondary N) is 1. The standard InChI is InChI=1S/C16H18N2O3/c1-10(19)12-5-3-4-6-15(12)18-16(20)13-9-11(21-2)7-8-14(13)17/h3-10,19H,17H2,1-2H3,(H,18,20). The highest BCUT2D eigenvalue weighted by Gasteiger charge is 2.14. The number of para-hydroxylation sites is 1. The van der Waals surface area contributed by atoms with Gasteiger partial charge in [0.15, 0.2) is 0 Å². The molecule has 0 aromatic heterocycles. The van der Waals surface area contributed by atoms with Gasteiger partial charge in [-0.1, -0.05) is 18.2 Å². The van der Waals surface area contributed by atoms with E-state index in [4.69, 9.17) is 10.5 Å². The first-order valence-electron chi connectivity index (χ1n) is 6.54. The van der Waals surface area contributed by atoms with Gasteiger partial charge in [-0.2, -0.15) is 0 Å². The molecule has 0 aliphatic carbocycles. The van der Waals surface area contributed by atoms with Gasteiger partial charge >= 0.3 is 0 Å². The monoisotopic (exact) mass is 286 g/mol. The molecule has 2 rings (SSSR count). The number of benzene rings is 2. The van der Waals surface area contributed by atoms with Crippen molar-refractivity contribution in [2.45, 2.75) is 13.0 Å². The van der Waals surface area contributed by atoms with Crippen LogP contribution >= 0.6 is 0 Å². The largest absolute Gasteiger partial charge is 0.497 e. The number of hydrogen-bond donors (Lipinski definition) is 3. The topological polar surface area (TPSA) is 84.6 Å². The van der Waals surface area contributed by atoms with E-state index in [1.807, 2.05) is 0 Å². The van der Waals surface area contributed by atoms with Crippen LogP contribution in [0.2, 0.25) is 0 Å². The first-order valence-corrected chi connectivity index (χ1v) is 6.54. The van der Waals surface area contributed by atoms with Crippen LogP contribution in [-0.4, -0.2) is 18.1 Å². The Kier molecular flexibility index (Phi) is 4.45. The van der Waals surface area contributed by atoms with Crippen LogP contribution in [0.15, 0.2) is 42.5 Å². The molecule has 0 aliphatic rings. The molecule has 0 aliphatic heterocycles. The van der Waals surface area contributed by atoms with Gasteiger partial charge in [0.1, 0.15) is 5.75 Å². The molecule has 5 nitrogen and oxygen atoms in total. The number of carbonyl (C=O) groups is 1. The lowest BCUT2D eigenvalue weighted by molar-refractivity contribution is 0.102. The molecular formula is C16H18N2O3. The third kappa shape index (κ3) is 3.32. The van der Waals surface area contributed by atoms with Crippen molar-refractivity contribution >= 4 is 17.3 Å². The zero-order valence-electron chi connectivity index (χ0n) is 12.0. The average Bonchev–Trinajstić information content (AvgIpc) is 2.48. The van der Waals surface area contributed by atoms with E-state index in [0.717, 1.165) is 0 Å². The maximum absolute atomic E-state index is 12.3. The summed E-state index contributed by atoms with van der Waals surface area (Å²) in [5, 5.41) is 12.5. The summed E-state index contributed by atoms with van der Waals surface area (Å²) >= 11 is 0. The van der Waals surface area contributed by atoms with Crippen LogP contribution in [0.3, 0.4) is 0 Å². The fourth-order valence-corrected chi connectivity index (χ4v) is 2.02. The predicted octanol–water partition coefficient (Wildman–Crippen LogP) is 2.58. The van der Waals surface area contributed by atoms with E-state index in [1.165, 1.54) is 7.11 Å². The number of carbonyl (C=O) groups excluding carboxylic acids is 1. The number of ether oxygens (including phenoxy) is 1. The average molecular weight is 286 g/mol. The fraction of sp³-hybridized carbons (Fsp3) is 0.188. The number of aliphatic hydroxyl groups is 1. The van der Waals surface area contributed by atoms with E-state index in [9.17, 15) is 9.90 Å². The lowest BCUT2D eigenvalue weighted by Gasteiger charge is -2.14. The van der Waals surface area contributed by atoms with Crippen molar-refractivity contribution in [2.24, 2.45) is 0 Å². The number of aliphatic hydroxyl groups excluding tert-OH is 1. The Labute approximate surface area is 123 Å². The summed E-state index contributed by atoms with van der Waals surface area (Å²) in [6.45, 7) is 1.64. The second-order valence-corrected chi connectivity index (χ2v) is 4.67. The highest BCUT2D eigenvalue weighted by molar-refractivity contribution is 6.08. The van der Waals surface area contributed by atoms with E-state index in [-0.39, 0.29) is 5.91 Å². The van der Waals surface area contributed by atoms with Gasteiger partial charge in [-0.15, -0.1) is 0 Å². The molecule has 0 bridgehead atoms. The molecule has 0 heterocycles. The molecule has 0 spiro atoms. The van der Waals surface area contributed by atoms with Gasteiger partial charge in [-0.25, -0.2) is 0 Å². The van der Waals surface area contributed by atoms with Crippen LogP contribution in [0.4, 0.5) is 11.4 Å². The molecule has 0 saturated heterocycles. The molecule has 110 valence electrons. The summed E-state index contributed by atoms with van der Waals surface area (Å²) in [7, 11) is 1.52. The Bertz CT molecular complexity index is 654. The summed E-state index contributed by atoms with van der Waals surface area (Å²) < 4.78 is 5.10. The summed E-state index contributed by atoms with van der Waals surface area (Å²) in [4.78, 5) is 12.3. The number of anilines is 2. The smallest absolute Gasteiger partial charge is 0.257 e. The maximum Gasteiger partial charge on any atom is 0.257 e. The fourth-order valence-electron chi connectivity index (χ4n) is 2.02. The second-order valence-electron chi connectivity index (χ2n) is 4.67. The minimum absolute atomic E-state index is 0.328. The van der Waals surface area contributed by atoms with Crippen molar-refractivity contribution in [3.05, 3.63) is 53.6 Å². The highest BCUT2D eigenvalue weighted by atomic mass is 16.5. The van der Waals surface area contributed by atoms with Crippen LogP contribution in [0.1, 0.15) is 28.9 Å². The number of amides is 1. The van der Waals surface area contributed by atoms with Crippen LogP contribution in [0.25, 0.3) is 0 Å². The van der Waals surface area contributed by atoms with Gasteiger partial charge in [0.2, 0.25) is 0 Å². The van der Waals surface area contributed by atoms with E-state index in [1.54, 1.807) is 49.4 Å². The lowest BCUT2D eigenvalue weighted by Crippen LogP contribution is -2.15. The Morgan fingerprint density at radius 3 is 2.67 bits per heavy atom. The number of nitrogens with two attached hydrogens (primary N) is 1. The highest BCUT2D eigenvalue weighted by Crippen LogP contribution is 2.25. The summed E-state index contributed by atoms with van der Waals surface area (Å²) in [6, 6.07) is 12.0. The molecule has 21 heavy (non-hydrogen) atoms. The van der Waals surface area contributed by atoms with Gasteiger partial charge in [-0.3, -0.25) is 4.79 Å². The maximum atomic E-state index is 12.3. The van der Waals surface area contributed by atoms with Gasteiger partial charge < -0.3 is 20.9 Å². The van der Waals surface area contributed by atoms with Gasteiger partial charge in [0.05, 0.1) is 18.8 Å². The molecule has 1 atom stereocenters. The van der Waals surface area contributed by atoms with Crippen LogP contribution in [0.5, 0.6) is 5.75 Å². The molecule has 0 radical (unpaired) electrons. The Morgan fingerprint density at radius 1 is 1.29 bits per heavy atom. The molecule has 0 fully saturated rings. The lowest BCUT2D eigenvalue weighted by atomic mass is 10.1. The SMILES string of the molecule is COc1ccc(N)c(C(=O)Nc2ccccc2C(C)O)c1. The van der Waals surface area contributed by atoms with Crippen molar-refractivity contribution < 1.29 is 14.6 Å². The first kappa shape index (κ1) is 14.9. The summed E-state index contributed by atoms with van der Waals surface area (Å²) in [6.07, 6.45) is -0.677. The molecule has 0 saturated carbocycles. The third-order valence-corrected chi connectivity index (χ3v) is 3.16. The van der Waals surface area contributed by atoms with Crippen molar-refractivity contribution in [2.75, 3.05) is 18.2 Å². The quantitative estimate of drug-likeness (QED) is 0.754. The molecule has 1 unspecified atom stereocenters. The zero-order valence-corrected chi connectivity index (χ0v) is 12.0. The van der Waals surface area contributed by atoms with Gasteiger partial charge in [0.25, 0.3) is 5.91 Å². The van der Waals surface area contributed by atoms with Crippen molar-refractivity contribution in [3.63, 3.8) is 0 Å². The summed E-state index contributed by atoms with van der Waals surface area (Å²) in [5.41, 5.74) is 7.72. The van der Waals surface area contributed by atoms with Gasteiger partial charge in [0, 0.05) is 16.9 Å². The van der Waals surface area contributed by atoms with E-state index in [2.05, 4.69) is 5.32 Å². The van der Waals surface area contributed by atoms with Crippen molar-refractivity contribution in [1.29, 1.82) is 0 Å². The predicted molar refractivity (Wildman–Crippen MR) is 82.4 cm³/mol.